The number of aldehydes is 1. The Bertz CT molecular complexity index is 505. The van der Waals surface area contributed by atoms with Crippen LogP contribution in [0.25, 0.3) is 6.08 Å². The van der Waals surface area contributed by atoms with E-state index >= 15 is 0 Å². The molecule has 1 aromatic carbocycles. The van der Waals surface area contributed by atoms with Gasteiger partial charge in [0.25, 0.3) is 0 Å². The molecule has 0 saturated heterocycles. The van der Waals surface area contributed by atoms with Crippen molar-refractivity contribution in [2.24, 2.45) is 0 Å². The van der Waals surface area contributed by atoms with E-state index in [1.54, 1.807) is 31.2 Å². The Morgan fingerprint density at radius 1 is 1.15 bits per heavy atom. The maximum Gasteiger partial charge on any atom is 0.309 e. The van der Waals surface area contributed by atoms with Crippen LogP contribution in [0.4, 0.5) is 0 Å². The molecule has 1 rings (SSSR count). The third-order valence-corrected chi connectivity index (χ3v) is 2.60. The molecule has 0 bridgehead atoms. The van der Waals surface area contributed by atoms with Crippen LogP contribution in [0.3, 0.4) is 0 Å². The van der Waals surface area contributed by atoms with E-state index in [0.717, 1.165) is 5.56 Å². The summed E-state index contributed by atoms with van der Waals surface area (Å²) in [6.45, 7) is 2.12. The van der Waals surface area contributed by atoms with Crippen LogP contribution < -0.4 is 9.47 Å². The van der Waals surface area contributed by atoms with Crippen molar-refractivity contribution in [3.63, 3.8) is 0 Å². The molecule has 1 aromatic rings. The summed E-state index contributed by atoms with van der Waals surface area (Å²) < 4.78 is 15.2. The molecular formula is C15H18O5. The summed E-state index contributed by atoms with van der Waals surface area (Å²) in [5.74, 6) is 0.698. The van der Waals surface area contributed by atoms with Gasteiger partial charge in [0.1, 0.15) is 11.5 Å². The zero-order valence-corrected chi connectivity index (χ0v) is 11.8. The van der Waals surface area contributed by atoms with E-state index in [2.05, 4.69) is 0 Å². The lowest BCUT2D eigenvalue weighted by atomic mass is 10.1. The first-order valence-electron chi connectivity index (χ1n) is 6.19. The Labute approximate surface area is 118 Å². The topological polar surface area (TPSA) is 61.8 Å². The Kier molecular flexibility index (Phi) is 6.29. The Balaban J connectivity index is 2.96. The number of carbonyl (C=O) groups excluding carboxylic acids is 2. The number of hydrogen-bond acceptors (Lipinski definition) is 5. The smallest absolute Gasteiger partial charge is 0.309 e. The zero-order chi connectivity index (χ0) is 15.0. The van der Waals surface area contributed by atoms with Gasteiger partial charge in [0, 0.05) is 5.56 Å². The highest BCUT2D eigenvalue weighted by molar-refractivity contribution is 5.82. The van der Waals surface area contributed by atoms with E-state index in [4.69, 9.17) is 14.2 Å². The van der Waals surface area contributed by atoms with Crippen molar-refractivity contribution in [3.05, 3.63) is 29.3 Å². The second kappa shape index (κ2) is 7.99. The van der Waals surface area contributed by atoms with E-state index in [0.29, 0.717) is 30.0 Å². The van der Waals surface area contributed by atoms with Gasteiger partial charge in [-0.2, -0.15) is 0 Å². The predicted molar refractivity (Wildman–Crippen MR) is 75.2 cm³/mol. The summed E-state index contributed by atoms with van der Waals surface area (Å²) in [6.07, 6.45) is 4.28. The van der Waals surface area contributed by atoms with Crippen molar-refractivity contribution >= 4 is 18.3 Å². The third-order valence-electron chi connectivity index (χ3n) is 2.60. The standard InChI is InChI=1S/C15H18O5/c1-4-20-15(17)7-5-6-11-8-14(19-3)12(10-16)9-13(11)18-2/h5-6,8-10H,4,7H2,1-3H3. The number of carbonyl (C=O) groups is 2. The van der Waals surface area contributed by atoms with Gasteiger partial charge in [0.05, 0.1) is 32.8 Å². The van der Waals surface area contributed by atoms with Crippen LogP contribution in [0.2, 0.25) is 0 Å². The summed E-state index contributed by atoms with van der Waals surface area (Å²) >= 11 is 0. The van der Waals surface area contributed by atoms with Crippen molar-refractivity contribution in [2.75, 3.05) is 20.8 Å². The summed E-state index contributed by atoms with van der Waals surface area (Å²) in [5, 5.41) is 0. The van der Waals surface area contributed by atoms with Crippen LogP contribution in [-0.2, 0) is 9.53 Å². The number of ether oxygens (including phenoxy) is 3. The summed E-state index contributed by atoms with van der Waals surface area (Å²) in [5.41, 5.74) is 1.13. The molecule has 0 N–H and O–H groups in total. The third kappa shape index (κ3) is 4.12. The molecule has 0 aliphatic rings. The largest absolute Gasteiger partial charge is 0.496 e. The summed E-state index contributed by atoms with van der Waals surface area (Å²) in [4.78, 5) is 22.2. The number of benzene rings is 1. The van der Waals surface area contributed by atoms with E-state index in [1.807, 2.05) is 0 Å². The van der Waals surface area contributed by atoms with E-state index in [-0.39, 0.29) is 12.4 Å². The minimum atomic E-state index is -0.292. The molecule has 0 fully saturated rings. The van der Waals surface area contributed by atoms with Crippen molar-refractivity contribution in [2.45, 2.75) is 13.3 Å². The number of hydrogen-bond donors (Lipinski definition) is 0. The number of rotatable bonds is 7. The van der Waals surface area contributed by atoms with Crippen LogP contribution >= 0.6 is 0 Å². The molecule has 5 nitrogen and oxygen atoms in total. The lowest BCUT2D eigenvalue weighted by Gasteiger charge is -2.09. The van der Waals surface area contributed by atoms with Crippen LogP contribution in [0.1, 0.15) is 29.3 Å². The molecule has 0 spiro atoms. The van der Waals surface area contributed by atoms with Gasteiger partial charge in [-0.05, 0) is 19.1 Å². The molecule has 5 heteroatoms. The van der Waals surface area contributed by atoms with Gasteiger partial charge in [-0.1, -0.05) is 12.2 Å². The highest BCUT2D eigenvalue weighted by Gasteiger charge is 2.09. The van der Waals surface area contributed by atoms with Crippen molar-refractivity contribution < 1.29 is 23.8 Å². The lowest BCUT2D eigenvalue weighted by molar-refractivity contribution is -0.142. The molecular weight excluding hydrogens is 260 g/mol. The molecule has 0 aromatic heterocycles. The molecule has 0 heterocycles. The average molecular weight is 278 g/mol. The Hall–Kier alpha value is -2.30. The molecule has 0 aliphatic heterocycles. The molecule has 20 heavy (non-hydrogen) atoms. The van der Waals surface area contributed by atoms with Crippen LogP contribution in [0.15, 0.2) is 18.2 Å². The molecule has 0 radical (unpaired) electrons. The first-order chi connectivity index (χ1) is 9.65. The van der Waals surface area contributed by atoms with Crippen molar-refractivity contribution in [3.8, 4) is 11.5 Å². The van der Waals surface area contributed by atoms with Gasteiger partial charge in [0.15, 0.2) is 6.29 Å². The SMILES string of the molecule is CCOC(=O)CC=Cc1cc(OC)c(C=O)cc1OC. The van der Waals surface area contributed by atoms with Gasteiger partial charge in [0.2, 0.25) is 0 Å². The summed E-state index contributed by atoms with van der Waals surface area (Å²) in [6, 6.07) is 3.28. The quantitative estimate of drug-likeness (QED) is 0.566. The van der Waals surface area contributed by atoms with Crippen molar-refractivity contribution in [1.82, 2.24) is 0 Å². The van der Waals surface area contributed by atoms with Gasteiger partial charge >= 0.3 is 5.97 Å². The molecule has 0 unspecified atom stereocenters. The van der Waals surface area contributed by atoms with Gasteiger partial charge < -0.3 is 14.2 Å². The Morgan fingerprint density at radius 3 is 2.30 bits per heavy atom. The number of esters is 1. The number of methoxy groups -OCH3 is 2. The zero-order valence-electron chi connectivity index (χ0n) is 11.8. The van der Waals surface area contributed by atoms with Crippen LogP contribution in [0, 0.1) is 0 Å². The van der Waals surface area contributed by atoms with Gasteiger partial charge in [-0.25, -0.2) is 0 Å². The maximum absolute atomic E-state index is 11.2. The predicted octanol–water partition coefficient (Wildman–Crippen LogP) is 2.48. The van der Waals surface area contributed by atoms with Crippen molar-refractivity contribution in [1.29, 1.82) is 0 Å². The van der Waals surface area contributed by atoms with E-state index < -0.39 is 0 Å². The van der Waals surface area contributed by atoms with Gasteiger partial charge in [-0.3, -0.25) is 9.59 Å². The molecule has 0 aliphatic carbocycles. The first-order valence-corrected chi connectivity index (χ1v) is 6.19. The minimum Gasteiger partial charge on any atom is -0.496 e. The minimum absolute atomic E-state index is 0.175. The fourth-order valence-electron chi connectivity index (χ4n) is 1.67. The molecule has 108 valence electrons. The Morgan fingerprint density at radius 2 is 1.75 bits per heavy atom. The monoisotopic (exact) mass is 278 g/mol. The maximum atomic E-state index is 11.2. The highest BCUT2D eigenvalue weighted by atomic mass is 16.5. The summed E-state index contributed by atoms with van der Waals surface area (Å²) in [7, 11) is 3.00. The lowest BCUT2D eigenvalue weighted by Crippen LogP contribution is -2.01. The van der Waals surface area contributed by atoms with Gasteiger partial charge in [-0.15, -0.1) is 0 Å². The van der Waals surface area contributed by atoms with E-state index in [1.165, 1.54) is 14.2 Å². The normalized spacial score (nSPS) is 10.3. The fraction of sp³-hybridized carbons (Fsp3) is 0.333. The molecule has 0 saturated carbocycles. The molecule has 0 amide bonds. The average Bonchev–Trinajstić information content (AvgIpc) is 2.46. The second-order valence-corrected chi connectivity index (χ2v) is 3.87. The van der Waals surface area contributed by atoms with E-state index in [9.17, 15) is 9.59 Å². The molecule has 0 atom stereocenters. The van der Waals surface area contributed by atoms with Crippen LogP contribution in [-0.4, -0.2) is 33.1 Å². The first kappa shape index (κ1) is 15.8. The fourth-order valence-corrected chi connectivity index (χ4v) is 1.67. The van der Waals surface area contributed by atoms with Crippen LogP contribution in [0.5, 0.6) is 11.5 Å². The highest BCUT2D eigenvalue weighted by Crippen LogP contribution is 2.28. The second-order valence-electron chi connectivity index (χ2n) is 3.87.